The highest BCUT2D eigenvalue weighted by atomic mass is 32.2. The number of hydrogen-bond acceptors (Lipinski definition) is 4. The largest absolute Gasteiger partial charge is 0.336 e. The zero-order valence-electron chi connectivity index (χ0n) is 11.3. The molecule has 4 amide bonds. The molecule has 2 fully saturated rings. The SMILES string of the molecule is O=C(NC=C1CCCCC1)NCCN1C(=O)CSC1=O. The van der Waals surface area contributed by atoms with Crippen molar-refractivity contribution in [1.82, 2.24) is 15.5 Å². The average molecular weight is 297 g/mol. The lowest BCUT2D eigenvalue weighted by atomic mass is 9.96. The van der Waals surface area contributed by atoms with E-state index in [1.165, 1.54) is 29.7 Å². The Morgan fingerprint density at radius 3 is 2.65 bits per heavy atom. The van der Waals surface area contributed by atoms with Crippen LogP contribution in [0.4, 0.5) is 9.59 Å². The van der Waals surface area contributed by atoms with E-state index in [1.54, 1.807) is 6.20 Å². The van der Waals surface area contributed by atoms with Crippen molar-refractivity contribution in [3.05, 3.63) is 11.8 Å². The predicted molar refractivity (Wildman–Crippen MR) is 77.3 cm³/mol. The van der Waals surface area contributed by atoms with Gasteiger partial charge in [-0.15, -0.1) is 0 Å². The molecule has 110 valence electrons. The van der Waals surface area contributed by atoms with E-state index in [2.05, 4.69) is 10.6 Å². The Kier molecular flexibility index (Phi) is 5.46. The summed E-state index contributed by atoms with van der Waals surface area (Å²) in [5.74, 6) is 0.0171. The zero-order chi connectivity index (χ0) is 14.4. The van der Waals surface area contributed by atoms with Gasteiger partial charge in [0.25, 0.3) is 5.24 Å². The van der Waals surface area contributed by atoms with Gasteiger partial charge in [-0.25, -0.2) is 4.79 Å². The second-order valence-corrected chi connectivity index (χ2v) is 5.79. The van der Waals surface area contributed by atoms with Crippen molar-refractivity contribution >= 4 is 28.9 Å². The highest BCUT2D eigenvalue weighted by Crippen LogP contribution is 2.21. The van der Waals surface area contributed by atoms with Gasteiger partial charge < -0.3 is 10.6 Å². The van der Waals surface area contributed by atoms with Gasteiger partial charge in [0.1, 0.15) is 0 Å². The predicted octanol–water partition coefficient (Wildman–Crippen LogP) is 1.83. The number of urea groups is 1. The van der Waals surface area contributed by atoms with Crippen LogP contribution in [0.5, 0.6) is 0 Å². The molecule has 0 unspecified atom stereocenters. The van der Waals surface area contributed by atoms with E-state index in [-0.39, 0.29) is 36.0 Å². The third kappa shape index (κ3) is 4.26. The zero-order valence-corrected chi connectivity index (χ0v) is 12.1. The summed E-state index contributed by atoms with van der Waals surface area (Å²) >= 11 is 1.00. The summed E-state index contributed by atoms with van der Waals surface area (Å²) in [5, 5.41) is 5.10. The number of nitrogens with zero attached hydrogens (tertiary/aromatic N) is 1. The minimum atomic E-state index is -0.296. The van der Waals surface area contributed by atoms with Crippen LogP contribution < -0.4 is 10.6 Å². The number of hydrogen-bond donors (Lipinski definition) is 2. The van der Waals surface area contributed by atoms with Crippen LogP contribution in [0.15, 0.2) is 11.8 Å². The average Bonchev–Trinajstić information content (AvgIpc) is 2.78. The summed E-state index contributed by atoms with van der Waals surface area (Å²) in [5.41, 5.74) is 1.27. The van der Waals surface area contributed by atoms with Gasteiger partial charge in [-0.1, -0.05) is 23.8 Å². The molecule has 0 radical (unpaired) electrons. The van der Waals surface area contributed by atoms with E-state index in [0.717, 1.165) is 24.6 Å². The Morgan fingerprint density at radius 1 is 1.25 bits per heavy atom. The van der Waals surface area contributed by atoms with Crippen LogP contribution in [0, 0.1) is 0 Å². The van der Waals surface area contributed by atoms with Crippen LogP contribution in [0.3, 0.4) is 0 Å². The van der Waals surface area contributed by atoms with E-state index < -0.39 is 0 Å². The van der Waals surface area contributed by atoms with Crippen LogP contribution in [0.1, 0.15) is 32.1 Å². The van der Waals surface area contributed by atoms with Crippen molar-refractivity contribution in [3.8, 4) is 0 Å². The van der Waals surface area contributed by atoms with Crippen LogP contribution >= 0.6 is 11.8 Å². The van der Waals surface area contributed by atoms with E-state index in [4.69, 9.17) is 0 Å². The number of carbonyl (C=O) groups excluding carboxylic acids is 3. The van der Waals surface area contributed by atoms with Crippen LogP contribution in [0.25, 0.3) is 0 Å². The number of nitrogens with one attached hydrogen (secondary N) is 2. The quantitative estimate of drug-likeness (QED) is 0.830. The van der Waals surface area contributed by atoms with Crippen molar-refractivity contribution < 1.29 is 14.4 Å². The lowest BCUT2D eigenvalue weighted by Crippen LogP contribution is -2.40. The maximum absolute atomic E-state index is 11.6. The molecule has 1 heterocycles. The molecule has 1 aliphatic heterocycles. The third-order valence-electron chi connectivity index (χ3n) is 3.36. The van der Waals surface area contributed by atoms with E-state index in [9.17, 15) is 14.4 Å². The first-order chi connectivity index (χ1) is 9.66. The molecule has 0 bridgehead atoms. The Balaban J connectivity index is 1.65. The van der Waals surface area contributed by atoms with Crippen LogP contribution in [-0.2, 0) is 4.79 Å². The fraction of sp³-hybridized carbons (Fsp3) is 0.615. The molecule has 2 aliphatic rings. The third-order valence-corrected chi connectivity index (χ3v) is 4.22. The highest BCUT2D eigenvalue weighted by Gasteiger charge is 2.29. The molecule has 1 saturated carbocycles. The summed E-state index contributed by atoms with van der Waals surface area (Å²) < 4.78 is 0. The number of allylic oxidation sites excluding steroid dienone is 1. The molecule has 0 aromatic carbocycles. The summed E-state index contributed by atoms with van der Waals surface area (Å²) in [6, 6.07) is -0.296. The van der Waals surface area contributed by atoms with Crippen molar-refractivity contribution in [3.63, 3.8) is 0 Å². The molecule has 20 heavy (non-hydrogen) atoms. The molecule has 2 N–H and O–H groups in total. The molecule has 0 atom stereocenters. The molecule has 6 nitrogen and oxygen atoms in total. The molecule has 0 aromatic rings. The number of rotatable bonds is 4. The van der Waals surface area contributed by atoms with Crippen molar-refractivity contribution in [2.75, 3.05) is 18.8 Å². The smallest absolute Gasteiger partial charge is 0.318 e. The van der Waals surface area contributed by atoms with E-state index >= 15 is 0 Å². The van der Waals surface area contributed by atoms with Gasteiger partial charge in [0.05, 0.1) is 5.75 Å². The van der Waals surface area contributed by atoms with Gasteiger partial charge >= 0.3 is 6.03 Å². The Labute approximate surface area is 122 Å². The summed E-state index contributed by atoms with van der Waals surface area (Å²) in [6.45, 7) is 0.502. The first-order valence-electron chi connectivity index (χ1n) is 6.86. The molecule has 1 saturated heterocycles. The molecule has 2 rings (SSSR count). The topological polar surface area (TPSA) is 78.5 Å². The molecule has 1 aliphatic carbocycles. The van der Waals surface area contributed by atoms with Gasteiger partial charge in [0.15, 0.2) is 0 Å². The lowest BCUT2D eigenvalue weighted by molar-refractivity contribution is -0.124. The molecule has 0 aromatic heterocycles. The summed E-state index contributed by atoms with van der Waals surface area (Å²) in [4.78, 5) is 35.4. The second kappa shape index (κ2) is 7.33. The first kappa shape index (κ1) is 14.9. The monoisotopic (exact) mass is 297 g/mol. The summed E-state index contributed by atoms with van der Waals surface area (Å²) in [6.07, 6.45) is 7.51. The second-order valence-electron chi connectivity index (χ2n) is 4.86. The first-order valence-corrected chi connectivity index (χ1v) is 7.85. The van der Waals surface area contributed by atoms with Gasteiger partial charge in [0, 0.05) is 19.3 Å². The molecular weight excluding hydrogens is 278 g/mol. The number of carbonyl (C=O) groups is 3. The number of imide groups is 1. The van der Waals surface area contributed by atoms with Crippen LogP contribution in [-0.4, -0.2) is 40.9 Å². The van der Waals surface area contributed by atoms with Crippen LogP contribution in [0.2, 0.25) is 0 Å². The highest BCUT2D eigenvalue weighted by molar-refractivity contribution is 8.14. The molecular formula is C13H19N3O3S. The standard InChI is InChI=1S/C13H19N3O3S/c17-11-9-20-13(19)16(11)7-6-14-12(18)15-8-10-4-2-1-3-5-10/h8H,1-7,9H2,(H2,14,15,18). The fourth-order valence-corrected chi connectivity index (χ4v) is 3.00. The normalized spacial score (nSPS) is 19.2. The number of amides is 4. The Morgan fingerprint density at radius 2 is 2.00 bits per heavy atom. The van der Waals surface area contributed by atoms with Gasteiger partial charge in [0.2, 0.25) is 5.91 Å². The van der Waals surface area contributed by atoms with E-state index in [0.29, 0.717) is 0 Å². The Bertz CT molecular complexity index is 413. The Hall–Kier alpha value is -1.50. The fourth-order valence-electron chi connectivity index (χ4n) is 2.25. The maximum atomic E-state index is 11.6. The molecule has 7 heteroatoms. The van der Waals surface area contributed by atoms with Gasteiger partial charge in [-0.3, -0.25) is 14.5 Å². The van der Waals surface area contributed by atoms with E-state index in [1.807, 2.05) is 0 Å². The van der Waals surface area contributed by atoms with Crippen molar-refractivity contribution in [1.29, 1.82) is 0 Å². The number of thioether (sulfide) groups is 1. The minimum Gasteiger partial charge on any atom is -0.336 e. The van der Waals surface area contributed by atoms with Gasteiger partial charge in [-0.2, -0.15) is 0 Å². The molecule has 0 spiro atoms. The lowest BCUT2D eigenvalue weighted by Gasteiger charge is -2.14. The van der Waals surface area contributed by atoms with Crippen molar-refractivity contribution in [2.45, 2.75) is 32.1 Å². The minimum absolute atomic E-state index is 0.188. The maximum Gasteiger partial charge on any atom is 0.318 e. The van der Waals surface area contributed by atoms with Crippen molar-refractivity contribution in [2.24, 2.45) is 0 Å². The van der Waals surface area contributed by atoms with Gasteiger partial charge in [-0.05, 0) is 25.7 Å². The summed E-state index contributed by atoms with van der Waals surface area (Å²) in [7, 11) is 0.